The molecule has 1 aromatic rings. The largest absolute Gasteiger partial charge is 0.444 e. The van der Waals surface area contributed by atoms with Crippen LogP contribution in [0.25, 0.3) is 0 Å². The summed E-state index contributed by atoms with van der Waals surface area (Å²) in [6.45, 7) is 11.0. The lowest BCUT2D eigenvalue weighted by atomic mass is 10.2. The first-order valence-electron chi connectivity index (χ1n) is 7.24. The lowest BCUT2D eigenvalue weighted by Gasteiger charge is -2.19. The summed E-state index contributed by atoms with van der Waals surface area (Å²) in [7, 11) is 0. The van der Waals surface area contributed by atoms with E-state index >= 15 is 0 Å². The van der Waals surface area contributed by atoms with Crippen LogP contribution in [0.1, 0.15) is 39.8 Å². The molecule has 5 heteroatoms. The summed E-state index contributed by atoms with van der Waals surface area (Å²) >= 11 is 0. The van der Waals surface area contributed by atoms with E-state index in [-0.39, 0.29) is 6.09 Å². The minimum Gasteiger partial charge on any atom is -0.444 e. The van der Waals surface area contributed by atoms with Crippen molar-refractivity contribution in [1.29, 1.82) is 0 Å². The molecule has 0 saturated carbocycles. The average molecular weight is 281 g/mol. The molecule has 0 aromatic carbocycles. The summed E-state index contributed by atoms with van der Waals surface area (Å²) in [6.07, 6.45) is 2.62. The molecule has 2 N–H and O–H groups in total. The van der Waals surface area contributed by atoms with E-state index in [1.54, 1.807) is 0 Å². The van der Waals surface area contributed by atoms with E-state index in [1.807, 2.05) is 20.8 Å². The zero-order chi connectivity index (χ0) is 15.0. The van der Waals surface area contributed by atoms with Gasteiger partial charge in [-0.15, -0.1) is 0 Å². The molecule has 1 rings (SSSR count). The van der Waals surface area contributed by atoms with Gasteiger partial charge in [0.25, 0.3) is 0 Å². The van der Waals surface area contributed by atoms with Crippen LogP contribution in [0.15, 0.2) is 18.3 Å². The third-order valence-corrected chi connectivity index (χ3v) is 2.77. The van der Waals surface area contributed by atoms with Crippen molar-refractivity contribution < 1.29 is 9.53 Å². The number of hydrogen-bond acceptors (Lipinski definition) is 3. The standard InChI is InChI=1S/C15H27N3O2/c1-5-18-11-6-8-13(18)12-16-9-7-10-17-14(19)20-15(2,3)4/h6,8,11,16H,5,7,9-10,12H2,1-4H3,(H,17,19). The van der Waals surface area contributed by atoms with Crippen LogP contribution in [0.5, 0.6) is 0 Å². The minimum atomic E-state index is -0.437. The first-order valence-corrected chi connectivity index (χ1v) is 7.24. The SMILES string of the molecule is CCn1cccc1CNCCCNC(=O)OC(C)(C)C. The lowest BCUT2D eigenvalue weighted by molar-refractivity contribution is 0.0527. The second-order valence-corrected chi connectivity index (χ2v) is 5.74. The summed E-state index contributed by atoms with van der Waals surface area (Å²) in [6, 6.07) is 4.18. The molecule has 1 amide bonds. The first kappa shape index (κ1) is 16.6. The molecule has 1 heterocycles. The highest BCUT2D eigenvalue weighted by atomic mass is 16.6. The number of aryl methyl sites for hydroxylation is 1. The van der Waals surface area contributed by atoms with Crippen LogP contribution in [-0.4, -0.2) is 29.4 Å². The van der Waals surface area contributed by atoms with E-state index in [4.69, 9.17) is 4.74 Å². The fourth-order valence-corrected chi connectivity index (χ4v) is 1.85. The van der Waals surface area contributed by atoms with Crippen LogP contribution < -0.4 is 10.6 Å². The number of rotatable bonds is 7. The smallest absolute Gasteiger partial charge is 0.407 e. The van der Waals surface area contributed by atoms with Gasteiger partial charge in [0.2, 0.25) is 0 Å². The predicted molar refractivity (Wildman–Crippen MR) is 80.7 cm³/mol. The lowest BCUT2D eigenvalue weighted by Crippen LogP contribution is -2.33. The fourth-order valence-electron chi connectivity index (χ4n) is 1.85. The highest BCUT2D eigenvalue weighted by Crippen LogP contribution is 2.06. The van der Waals surface area contributed by atoms with E-state index in [2.05, 4.69) is 40.5 Å². The van der Waals surface area contributed by atoms with Crippen LogP contribution in [-0.2, 0) is 17.8 Å². The number of hydrogen-bond donors (Lipinski definition) is 2. The molecule has 1 aromatic heterocycles. The third-order valence-electron chi connectivity index (χ3n) is 2.77. The molecule has 0 bridgehead atoms. The van der Waals surface area contributed by atoms with Crippen molar-refractivity contribution in [2.24, 2.45) is 0 Å². The monoisotopic (exact) mass is 281 g/mol. The summed E-state index contributed by atoms with van der Waals surface area (Å²) in [4.78, 5) is 11.4. The Labute approximate surface area is 121 Å². The van der Waals surface area contributed by atoms with Crippen molar-refractivity contribution >= 4 is 6.09 Å². The second kappa shape index (κ2) is 7.94. The Kier molecular flexibility index (Phi) is 6.58. The van der Waals surface area contributed by atoms with Gasteiger partial charge in [-0.1, -0.05) is 0 Å². The molecule has 0 aliphatic heterocycles. The number of nitrogens with zero attached hydrogens (tertiary/aromatic N) is 1. The maximum atomic E-state index is 11.4. The number of aromatic nitrogens is 1. The van der Waals surface area contributed by atoms with Crippen LogP contribution in [0.4, 0.5) is 4.79 Å². The molecule has 5 nitrogen and oxygen atoms in total. The summed E-state index contributed by atoms with van der Waals surface area (Å²) in [5.41, 5.74) is 0.848. The van der Waals surface area contributed by atoms with Gasteiger partial charge >= 0.3 is 6.09 Å². The number of ether oxygens (including phenoxy) is 1. The van der Waals surface area contributed by atoms with Gasteiger partial charge in [0.15, 0.2) is 0 Å². The van der Waals surface area contributed by atoms with Crippen molar-refractivity contribution in [3.63, 3.8) is 0 Å². The molecular weight excluding hydrogens is 254 g/mol. The van der Waals surface area contributed by atoms with Crippen molar-refractivity contribution in [2.45, 2.75) is 52.8 Å². The van der Waals surface area contributed by atoms with Gasteiger partial charge in [0.05, 0.1) is 0 Å². The Morgan fingerprint density at radius 1 is 1.35 bits per heavy atom. The molecule has 20 heavy (non-hydrogen) atoms. The van der Waals surface area contributed by atoms with Crippen molar-refractivity contribution in [1.82, 2.24) is 15.2 Å². The molecule has 0 aliphatic carbocycles. The highest BCUT2D eigenvalue weighted by Gasteiger charge is 2.15. The van der Waals surface area contributed by atoms with Crippen molar-refractivity contribution in [3.8, 4) is 0 Å². The Hall–Kier alpha value is -1.49. The summed E-state index contributed by atoms with van der Waals surface area (Å²) in [5, 5.41) is 6.12. The Balaban J connectivity index is 2.07. The van der Waals surface area contributed by atoms with Gasteiger partial charge in [-0.3, -0.25) is 0 Å². The average Bonchev–Trinajstić information content (AvgIpc) is 2.78. The molecule has 0 saturated heterocycles. The van der Waals surface area contributed by atoms with Gasteiger partial charge in [-0.2, -0.15) is 0 Å². The Morgan fingerprint density at radius 3 is 2.75 bits per heavy atom. The number of carbonyl (C=O) groups excluding carboxylic acids is 1. The molecule has 0 aliphatic rings. The topological polar surface area (TPSA) is 55.3 Å². The first-order chi connectivity index (χ1) is 9.42. The summed E-state index contributed by atoms with van der Waals surface area (Å²) < 4.78 is 7.37. The second-order valence-electron chi connectivity index (χ2n) is 5.74. The summed E-state index contributed by atoms with van der Waals surface area (Å²) in [5.74, 6) is 0. The maximum absolute atomic E-state index is 11.4. The van der Waals surface area contributed by atoms with E-state index in [0.717, 1.165) is 26.1 Å². The highest BCUT2D eigenvalue weighted by molar-refractivity contribution is 5.67. The van der Waals surface area contributed by atoms with E-state index < -0.39 is 5.60 Å². The van der Waals surface area contributed by atoms with Gasteiger partial charge < -0.3 is 19.9 Å². The molecule has 0 radical (unpaired) electrons. The van der Waals surface area contributed by atoms with Crippen LogP contribution >= 0.6 is 0 Å². The van der Waals surface area contributed by atoms with Crippen molar-refractivity contribution in [2.75, 3.05) is 13.1 Å². The molecule has 0 atom stereocenters. The Bertz CT molecular complexity index is 407. The van der Waals surface area contributed by atoms with Crippen LogP contribution in [0, 0.1) is 0 Å². The fraction of sp³-hybridized carbons (Fsp3) is 0.667. The van der Waals surface area contributed by atoms with Gasteiger partial charge in [-0.25, -0.2) is 4.79 Å². The number of nitrogens with one attached hydrogen (secondary N) is 2. The zero-order valence-corrected chi connectivity index (χ0v) is 13.0. The Morgan fingerprint density at radius 2 is 2.10 bits per heavy atom. The van der Waals surface area contributed by atoms with Crippen LogP contribution in [0.3, 0.4) is 0 Å². The van der Waals surface area contributed by atoms with Crippen LogP contribution in [0.2, 0.25) is 0 Å². The van der Waals surface area contributed by atoms with Gasteiger partial charge in [0, 0.05) is 31.5 Å². The predicted octanol–water partition coefficient (Wildman–Crippen LogP) is 2.51. The maximum Gasteiger partial charge on any atom is 0.407 e. The van der Waals surface area contributed by atoms with Gasteiger partial charge in [0.1, 0.15) is 5.60 Å². The normalized spacial score (nSPS) is 11.4. The quantitative estimate of drug-likeness (QED) is 0.755. The molecule has 0 fully saturated rings. The van der Waals surface area contributed by atoms with Gasteiger partial charge in [-0.05, 0) is 52.8 Å². The molecule has 114 valence electrons. The van der Waals surface area contributed by atoms with E-state index in [1.165, 1.54) is 5.69 Å². The number of alkyl carbamates (subject to hydrolysis) is 1. The number of amides is 1. The van der Waals surface area contributed by atoms with E-state index in [0.29, 0.717) is 6.54 Å². The minimum absolute atomic E-state index is 0.350. The molecule has 0 spiro atoms. The third kappa shape index (κ3) is 6.61. The van der Waals surface area contributed by atoms with Crippen molar-refractivity contribution in [3.05, 3.63) is 24.0 Å². The molecule has 0 unspecified atom stereocenters. The number of carbonyl (C=O) groups is 1. The zero-order valence-electron chi connectivity index (χ0n) is 13.0. The van der Waals surface area contributed by atoms with E-state index in [9.17, 15) is 4.79 Å². The molecular formula is C15H27N3O2.